The molecule has 1 aromatic carbocycles. The average molecular weight is 365 g/mol. The second-order valence-corrected chi connectivity index (χ2v) is 6.70. The third kappa shape index (κ3) is 3.58. The Balaban J connectivity index is 2.63. The van der Waals surface area contributed by atoms with Crippen LogP contribution in [-0.4, -0.2) is 24.7 Å². The van der Waals surface area contributed by atoms with E-state index in [1.807, 2.05) is 6.92 Å². The number of hydrogen-bond donors (Lipinski definition) is 1. The highest BCUT2D eigenvalue weighted by Crippen LogP contribution is 2.42. The normalized spacial score (nSPS) is 20.3. The number of amides is 1. The van der Waals surface area contributed by atoms with Crippen LogP contribution in [0.2, 0.25) is 5.02 Å². The lowest BCUT2D eigenvalue weighted by Gasteiger charge is -2.31. The molecule has 1 aliphatic heterocycles. The summed E-state index contributed by atoms with van der Waals surface area (Å²) in [6.07, 6.45) is 0.889. The summed E-state index contributed by atoms with van der Waals surface area (Å²) in [6, 6.07) is 9.06. The molecule has 1 N–H and O–H groups in total. The lowest BCUT2D eigenvalue weighted by molar-refractivity contribution is -0.150. The number of ether oxygens (including phenoxy) is 1. The van der Waals surface area contributed by atoms with Gasteiger partial charge in [0.1, 0.15) is 5.92 Å². The summed E-state index contributed by atoms with van der Waals surface area (Å²) in [6.45, 7) is 2.01. The maximum absolute atomic E-state index is 12.5. The van der Waals surface area contributed by atoms with Crippen LogP contribution in [0, 0.1) is 17.2 Å². The van der Waals surface area contributed by atoms with Gasteiger partial charge >= 0.3 is 5.97 Å². The van der Waals surface area contributed by atoms with Gasteiger partial charge in [0.2, 0.25) is 5.91 Å². The summed E-state index contributed by atoms with van der Waals surface area (Å²) in [5.74, 6) is -2.33. The summed E-state index contributed by atoms with van der Waals surface area (Å²) in [7, 11) is 1.22. The predicted molar refractivity (Wildman–Crippen MR) is 93.2 cm³/mol. The van der Waals surface area contributed by atoms with Gasteiger partial charge in [0.05, 0.1) is 23.8 Å². The van der Waals surface area contributed by atoms with Crippen molar-refractivity contribution in [3.8, 4) is 6.07 Å². The molecule has 0 bridgehead atoms. The molecule has 0 unspecified atom stereocenters. The Morgan fingerprint density at radius 2 is 2.17 bits per heavy atom. The van der Waals surface area contributed by atoms with Crippen molar-refractivity contribution in [2.75, 3.05) is 12.9 Å². The SMILES string of the molecule is CCCSC1=C(C#N)[C@H](c2ccccc2Cl)[C@@H](C(=O)OC)C(=O)N1. The minimum Gasteiger partial charge on any atom is -0.468 e. The van der Waals surface area contributed by atoms with E-state index in [4.69, 9.17) is 16.3 Å². The van der Waals surface area contributed by atoms with Crippen LogP contribution in [-0.2, 0) is 14.3 Å². The lowest BCUT2D eigenvalue weighted by atomic mass is 9.78. The number of carbonyl (C=O) groups is 2. The fourth-order valence-corrected chi connectivity index (χ4v) is 3.75. The molecule has 1 heterocycles. The largest absolute Gasteiger partial charge is 0.468 e. The zero-order chi connectivity index (χ0) is 17.7. The standard InChI is InChI=1S/C17H17ClN2O3S/c1-3-8-24-16-11(9-19)13(10-6-4-5-7-12(10)18)14(15(21)20-16)17(22)23-2/h4-7,13-14H,3,8H2,1-2H3,(H,20,21)/t13-,14+/m0/s1. The number of nitriles is 1. The monoisotopic (exact) mass is 364 g/mol. The van der Waals surface area contributed by atoms with E-state index in [0.717, 1.165) is 12.2 Å². The number of halogens is 1. The molecule has 2 rings (SSSR count). The first-order valence-corrected chi connectivity index (χ1v) is 8.81. The number of nitrogens with zero attached hydrogens (tertiary/aromatic N) is 1. The minimum atomic E-state index is -1.14. The first kappa shape index (κ1) is 18.4. The lowest BCUT2D eigenvalue weighted by Crippen LogP contribution is -2.44. The number of esters is 1. The van der Waals surface area contributed by atoms with E-state index in [9.17, 15) is 14.9 Å². The number of rotatable bonds is 5. The van der Waals surface area contributed by atoms with Crippen LogP contribution < -0.4 is 5.32 Å². The van der Waals surface area contributed by atoms with Crippen molar-refractivity contribution in [1.82, 2.24) is 5.32 Å². The average Bonchev–Trinajstić information content (AvgIpc) is 2.59. The van der Waals surface area contributed by atoms with E-state index in [2.05, 4.69) is 11.4 Å². The van der Waals surface area contributed by atoms with Crippen molar-refractivity contribution in [2.24, 2.45) is 5.92 Å². The summed E-state index contributed by atoms with van der Waals surface area (Å²) in [5.41, 5.74) is 0.895. The number of methoxy groups -OCH3 is 1. The molecular weight excluding hydrogens is 348 g/mol. The molecule has 24 heavy (non-hydrogen) atoms. The second-order valence-electron chi connectivity index (χ2n) is 5.19. The van der Waals surface area contributed by atoms with Crippen LogP contribution in [0.1, 0.15) is 24.8 Å². The van der Waals surface area contributed by atoms with Crippen molar-refractivity contribution in [3.05, 3.63) is 45.5 Å². The second kappa shape index (κ2) is 8.22. The highest BCUT2D eigenvalue weighted by molar-refractivity contribution is 8.03. The topological polar surface area (TPSA) is 79.2 Å². The molecule has 7 heteroatoms. The van der Waals surface area contributed by atoms with Crippen molar-refractivity contribution in [2.45, 2.75) is 19.3 Å². The maximum Gasteiger partial charge on any atom is 0.319 e. The first-order valence-electron chi connectivity index (χ1n) is 7.45. The Kier molecular flexibility index (Phi) is 6.29. The van der Waals surface area contributed by atoms with E-state index < -0.39 is 23.7 Å². The van der Waals surface area contributed by atoms with Crippen LogP contribution in [0.25, 0.3) is 0 Å². The summed E-state index contributed by atoms with van der Waals surface area (Å²) in [5, 5.41) is 13.2. The minimum absolute atomic E-state index is 0.330. The number of nitrogens with one attached hydrogen (secondary N) is 1. The Morgan fingerprint density at radius 3 is 2.75 bits per heavy atom. The van der Waals surface area contributed by atoms with Crippen molar-refractivity contribution < 1.29 is 14.3 Å². The third-order valence-electron chi connectivity index (χ3n) is 3.67. The summed E-state index contributed by atoms with van der Waals surface area (Å²) < 4.78 is 4.78. The van der Waals surface area contributed by atoms with Crippen LogP contribution in [0.3, 0.4) is 0 Å². The molecule has 0 aromatic heterocycles. The van der Waals surface area contributed by atoms with Crippen LogP contribution in [0.5, 0.6) is 0 Å². The molecule has 1 aromatic rings. The van der Waals surface area contributed by atoms with Crippen LogP contribution in [0.15, 0.2) is 34.9 Å². The molecule has 5 nitrogen and oxygen atoms in total. The smallest absolute Gasteiger partial charge is 0.319 e. The van der Waals surface area contributed by atoms with Gasteiger partial charge in [-0.15, -0.1) is 11.8 Å². The molecule has 1 amide bonds. The molecule has 0 saturated heterocycles. The summed E-state index contributed by atoms with van der Waals surface area (Å²) in [4.78, 5) is 24.7. The van der Waals surface area contributed by atoms with E-state index >= 15 is 0 Å². The van der Waals surface area contributed by atoms with Crippen molar-refractivity contribution in [3.63, 3.8) is 0 Å². The van der Waals surface area contributed by atoms with Crippen molar-refractivity contribution in [1.29, 1.82) is 5.26 Å². The molecular formula is C17H17ClN2O3S. The maximum atomic E-state index is 12.5. The van der Waals surface area contributed by atoms with Crippen LogP contribution in [0.4, 0.5) is 0 Å². The number of hydrogen-bond acceptors (Lipinski definition) is 5. The number of allylic oxidation sites excluding steroid dienone is 1. The summed E-state index contributed by atoms with van der Waals surface area (Å²) >= 11 is 7.66. The Hall–Kier alpha value is -1.97. The van der Waals surface area contributed by atoms with Gasteiger partial charge in [-0.2, -0.15) is 5.26 Å². The number of benzene rings is 1. The molecule has 0 aliphatic carbocycles. The van der Waals surface area contributed by atoms with Crippen molar-refractivity contribution >= 4 is 35.2 Å². The molecule has 0 spiro atoms. The Labute approximate surface area is 150 Å². The van der Waals surface area contributed by atoms with E-state index in [-0.39, 0.29) is 0 Å². The Morgan fingerprint density at radius 1 is 1.46 bits per heavy atom. The van der Waals surface area contributed by atoms with Gasteiger partial charge in [-0.1, -0.05) is 36.7 Å². The van der Waals surface area contributed by atoms with E-state index in [0.29, 0.717) is 21.2 Å². The fourth-order valence-electron chi connectivity index (χ4n) is 2.59. The van der Waals surface area contributed by atoms with Gasteiger partial charge in [0, 0.05) is 10.9 Å². The van der Waals surface area contributed by atoms with Gasteiger partial charge in [-0.25, -0.2) is 0 Å². The zero-order valence-electron chi connectivity index (χ0n) is 13.3. The molecule has 126 valence electrons. The molecule has 0 fully saturated rings. The number of carbonyl (C=O) groups excluding carboxylic acids is 2. The molecule has 2 atom stereocenters. The molecule has 0 saturated carbocycles. The quantitative estimate of drug-likeness (QED) is 0.641. The van der Waals surface area contributed by atoms with Crippen LogP contribution >= 0.6 is 23.4 Å². The third-order valence-corrected chi connectivity index (χ3v) is 5.24. The first-order chi connectivity index (χ1) is 11.5. The zero-order valence-corrected chi connectivity index (χ0v) is 14.9. The van der Waals surface area contributed by atoms with Gasteiger partial charge in [0.15, 0.2) is 0 Å². The molecule has 1 aliphatic rings. The highest BCUT2D eigenvalue weighted by Gasteiger charge is 2.44. The fraction of sp³-hybridized carbons (Fsp3) is 0.353. The van der Waals surface area contributed by atoms with E-state index in [1.165, 1.54) is 18.9 Å². The van der Waals surface area contributed by atoms with Gasteiger partial charge in [-0.05, 0) is 23.8 Å². The Bertz CT molecular complexity index is 727. The number of thioether (sulfide) groups is 1. The van der Waals surface area contributed by atoms with Gasteiger partial charge < -0.3 is 10.1 Å². The van der Waals surface area contributed by atoms with Gasteiger partial charge in [-0.3, -0.25) is 9.59 Å². The highest BCUT2D eigenvalue weighted by atomic mass is 35.5. The molecule has 0 radical (unpaired) electrons. The van der Waals surface area contributed by atoms with E-state index in [1.54, 1.807) is 24.3 Å². The predicted octanol–water partition coefficient (Wildman–Crippen LogP) is 3.22. The van der Waals surface area contributed by atoms with Gasteiger partial charge in [0.25, 0.3) is 0 Å².